The summed E-state index contributed by atoms with van der Waals surface area (Å²) in [6.45, 7) is 4.77. The maximum atomic E-state index is 13.6. The van der Waals surface area contributed by atoms with E-state index in [-0.39, 0.29) is 23.4 Å². The molecule has 1 atom stereocenters. The molecule has 0 saturated carbocycles. The van der Waals surface area contributed by atoms with E-state index in [4.69, 9.17) is 4.98 Å². The number of hydrogen-bond donors (Lipinski definition) is 0. The van der Waals surface area contributed by atoms with E-state index in [2.05, 4.69) is 18.4 Å². The highest BCUT2D eigenvalue weighted by Crippen LogP contribution is 2.33. The molecule has 2 heterocycles. The summed E-state index contributed by atoms with van der Waals surface area (Å²) in [6, 6.07) is 10.8. The summed E-state index contributed by atoms with van der Waals surface area (Å²) in [7, 11) is -3.92. The Morgan fingerprint density at radius 3 is 2.59 bits per heavy atom. The number of benzene rings is 2. The summed E-state index contributed by atoms with van der Waals surface area (Å²) >= 11 is 0. The summed E-state index contributed by atoms with van der Waals surface area (Å²) in [4.78, 5) is 4.58. The van der Waals surface area contributed by atoms with Crippen LogP contribution >= 0.6 is 0 Å². The van der Waals surface area contributed by atoms with Gasteiger partial charge in [-0.1, -0.05) is 12.1 Å². The van der Waals surface area contributed by atoms with E-state index in [1.165, 1.54) is 4.31 Å². The van der Waals surface area contributed by atoms with Gasteiger partial charge in [0.25, 0.3) is 0 Å². The molecule has 5 nitrogen and oxygen atoms in total. The van der Waals surface area contributed by atoms with Gasteiger partial charge in [-0.2, -0.15) is 4.31 Å². The minimum Gasteiger partial charge on any atom is -0.325 e. The molecule has 0 radical (unpaired) electrons. The van der Waals surface area contributed by atoms with E-state index in [1.807, 2.05) is 24.3 Å². The lowest BCUT2D eigenvalue weighted by molar-refractivity contribution is 0.303. The van der Waals surface area contributed by atoms with Crippen LogP contribution in [0, 0.1) is 11.6 Å². The SMILES string of the molecule is CC(C)n1c([C@H]2CCCN(S(=O)(=O)c3ccc(F)c(F)c3)C2)nc2ccccc21. The molecule has 1 aliphatic rings. The first-order valence-electron chi connectivity index (χ1n) is 9.71. The average molecular weight is 419 g/mol. The number of imidazole rings is 1. The van der Waals surface area contributed by atoms with Gasteiger partial charge in [-0.05, 0) is 57.0 Å². The molecule has 0 bridgehead atoms. The second kappa shape index (κ2) is 7.50. The number of nitrogens with zero attached hydrogens (tertiary/aromatic N) is 3. The van der Waals surface area contributed by atoms with Crippen LogP contribution in [0.4, 0.5) is 8.78 Å². The molecule has 0 amide bonds. The maximum Gasteiger partial charge on any atom is 0.243 e. The van der Waals surface area contributed by atoms with Gasteiger partial charge in [0.15, 0.2) is 11.6 Å². The van der Waals surface area contributed by atoms with Crippen molar-refractivity contribution in [2.45, 2.75) is 43.5 Å². The number of piperidine rings is 1. The van der Waals surface area contributed by atoms with Crippen LogP contribution in [0.3, 0.4) is 0 Å². The lowest BCUT2D eigenvalue weighted by Gasteiger charge is -2.32. The maximum absolute atomic E-state index is 13.6. The van der Waals surface area contributed by atoms with Crippen LogP contribution in [0.2, 0.25) is 0 Å². The lowest BCUT2D eigenvalue weighted by atomic mass is 9.98. The van der Waals surface area contributed by atoms with Crippen molar-refractivity contribution in [1.29, 1.82) is 0 Å². The van der Waals surface area contributed by atoms with Crippen molar-refractivity contribution in [2.24, 2.45) is 0 Å². The minimum atomic E-state index is -3.92. The Bertz CT molecular complexity index is 1160. The van der Waals surface area contributed by atoms with Crippen LogP contribution in [-0.4, -0.2) is 35.4 Å². The average Bonchev–Trinajstić information content (AvgIpc) is 3.10. The summed E-state index contributed by atoms with van der Waals surface area (Å²) in [5.41, 5.74) is 1.91. The van der Waals surface area contributed by atoms with Crippen LogP contribution < -0.4 is 0 Å². The third-order valence-electron chi connectivity index (χ3n) is 5.42. The van der Waals surface area contributed by atoms with Crippen molar-refractivity contribution in [2.75, 3.05) is 13.1 Å². The molecule has 0 N–H and O–H groups in total. The number of aromatic nitrogens is 2. The van der Waals surface area contributed by atoms with Gasteiger partial charge in [0.05, 0.1) is 15.9 Å². The molecule has 3 aromatic rings. The summed E-state index contributed by atoms with van der Waals surface area (Å²) in [5.74, 6) is -1.43. The van der Waals surface area contributed by atoms with Gasteiger partial charge >= 0.3 is 0 Å². The molecule has 154 valence electrons. The van der Waals surface area contributed by atoms with Crippen molar-refractivity contribution in [3.63, 3.8) is 0 Å². The molecule has 1 saturated heterocycles. The molecule has 29 heavy (non-hydrogen) atoms. The Labute approximate surface area is 169 Å². The molecule has 2 aromatic carbocycles. The third kappa shape index (κ3) is 3.55. The summed E-state index contributed by atoms with van der Waals surface area (Å²) in [5, 5.41) is 0. The van der Waals surface area contributed by atoms with Gasteiger partial charge in [0.1, 0.15) is 5.82 Å². The van der Waals surface area contributed by atoms with E-state index >= 15 is 0 Å². The van der Waals surface area contributed by atoms with Crippen LogP contribution in [-0.2, 0) is 10.0 Å². The summed E-state index contributed by atoms with van der Waals surface area (Å²) < 4.78 is 56.4. The molecule has 4 rings (SSSR count). The van der Waals surface area contributed by atoms with Crippen LogP contribution in [0.5, 0.6) is 0 Å². The molecule has 1 aromatic heterocycles. The Hall–Kier alpha value is -2.32. The van der Waals surface area contributed by atoms with E-state index in [1.54, 1.807) is 0 Å². The molecular weight excluding hydrogens is 396 g/mol. The Morgan fingerprint density at radius 1 is 1.10 bits per heavy atom. The van der Waals surface area contributed by atoms with Gasteiger partial charge < -0.3 is 4.57 Å². The zero-order chi connectivity index (χ0) is 20.8. The largest absolute Gasteiger partial charge is 0.325 e. The molecule has 8 heteroatoms. The number of hydrogen-bond acceptors (Lipinski definition) is 3. The van der Waals surface area contributed by atoms with Crippen molar-refractivity contribution < 1.29 is 17.2 Å². The smallest absolute Gasteiger partial charge is 0.243 e. The third-order valence-corrected chi connectivity index (χ3v) is 7.28. The highest BCUT2D eigenvalue weighted by Gasteiger charge is 2.34. The second-order valence-corrected chi connectivity index (χ2v) is 9.64. The van der Waals surface area contributed by atoms with Gasteiger partial charge in [0, 0.05) is 25.0 Å². The van der Waals surface area contributed by atoms with Crippen LogP contribution in [0.25, 0.3) is 11.0 Å². The normalized spacial score (nSPS) is 18.6. The molecule has 0 spiro atoms. The van der Waals surface area contributed by atoms with E-state index in [9.17, 15) is 17.2 Å². The fraction of sp³-hybridized carbons (Fsp3) is 0.381. The van der Waals surface area contributed by atoms with Crippen molar-refractivity contribution in [3.05, 3.63) is 59.9 Å². The quantitative estimate of drug-likeness (QED) is 0.627. The first-order valence-corrected chi connectivity index (χ1v) is 11.1. The number of fused-ring (bicyclic) bond motifs is 1. The van der Waals surface area contributed by atoms with E-state index < -0.39 is 21.7 Å². The van der Waals surface area contributed by atoms with E-state index in [0.29, 0.717) is 13.0 Å². The topological polar surface area (TPSA) is 55.2 Å². The van der Waals surface area contributed by atoms with Gasteiger partial charge in [0.2, 0.25) is 10.0 Å². The molecule has 1 fully saturated rings. The lowest BCUT2D eigenvalue weighted by Crippen LogP contribution is -2.39. The molecule has 0 aliphatic carbocycles. The number of halogens is 2. The summed E-state index contributed by atoms with van der Waals surface area (Å²) in [6.07, 6.45) is 1.49. The zero-order valence-corrected chi connectivity index (χ0v) is 17.2. The van der Waals surface area contributed by atoms with Gasteiger partial charge in [-0.3, -0.25) is 0 Å². The first-order chi connectivity index (χ1) is 13.8. The fourth-order valence-electron chi connectivity index (χ4n) is 4.05. The fourth-order valence-corrected chi connectivity index (χ4v) is 5.59. The molecule has 1 aliphatic heterocycles. The Kier molecular flexibility index (Phi) is 5.16. The van der Waals surface area contributed by atoms with Crippen molar-refractivity contribution in [3.8, 4) is 0 Å². The van der Waals surface area contributed by atoms with Crippen LogP contribution in [0.15, 0.2) is 47.4 Å². The molecule has 0 unspecified atom stereocenters. The number of sulfonamides is 1. The van der Waals surface area contributed by atoms with E-state index in [0.717, 1.165) is 41.5 Å². The Balaban J connectivity index is 1.69. The number of rotatable bonds is 4. The van der Waals surface area contributed by atoms with Crippen LogP contribution in [0.1, 0.15) is 44.5 Å². The standard InChI is InChI=1S/C21H23F2N3O2S/c1-14(2)26-20-8-4-3-7-19(20)24-21(26)15-6-5-11-25(13-15)29(27,28)16-9-10-17(22)18(23)12-16/h3-4,7-10,12,14-15H,5-6,11,13H2,1-2H3/t15-/m0/s1. The zero-order valence-electron chi connectivity index (χ0n) is 16.3. The predicted octanol–water partition coefficient (Wildman–Crippen LogP) is 4.46. The highest BCUT2D eigenvalue weighted by atomic mass is 32.2. The van der Waals surface area contributed by atoms with Gasteiger partial charge in [-0.15, -0.1) is 0 Å². The van der Waals surface area contributed by atoms with Gasteiger partial charge in [-0.25, -0.2) is 22.2 Å². The highest BCUT2D eigenvalue weighted by molar-refractivity contribution is 7.89. The minimum absolute atomic E-state index is 0.0707. The Morgan fingerprint density at radius 2 is 1.86 bits per heavy atom. The predicted molar refractivity (Wildman–Crippen MR) is 107 cm³/mol. The number of para-hydroxylation sites is 2. The second-order valence-electron chi connectivity index (χ2n) is 7.70. The monoisotopic (exact) mass is 419 g/mol. The molecular formula is C21H23F2N3O2S. The van der Waals surface area contributed by atoms with Crippen molar-refractivity contribution >= 4 is 21.1 Å². The van der Waals surface area contributed by atoms with Crippen molar-refractivity contribution in [1.82, 2.24) is 13.9 Å². The first kappa shape index (κ1) is 20.0.